The second-order valence-corrected chi connectivity index (χ2v) is 7.63. The van der Waals surface area contributed by atoms with Crippen LogP contribution < -0.4 is 4.74 Å². The van der Waals surface area contributed by atoms with Gasteiger partial charge in [-0.3, -0.25) is 4.68 Å². The van der Waals surface area contributed by atoms with Crippen molar-refractivity contribution in [1.29, 1.82) is 0 Å². The highest BCUT2D eigenvalue weighted by Crippen LogP contribution is 2.38. The molecule has 0 spiro atoms. The third-order valence-corrected chi connectivity index (χ3v) is 4.68. The number of azo groups is 1. The monoisotopic (exact) mass is 345 g/mol. The van der Waals surface area contributed by atoms with Gasteiger partial charge < -0.3 is 9.15 Å². The molecule has 0 radical (unpaired) electrons. The Balaban J connectivity index is 1.92. The van der Waals surface area contributed by atoms with Crippen molar-refractivity contribution < 1.29 is 9.15 Å². The lowest BCUT2D eigenvalue weighted by Crippen LogP contribution is -2.15. The Morgan fingerprint density at radius 1 is 1.20 bits per heavy atom. The first-order valence-electron chi connectivity index (χ1n) is 8.90. The minimum atomic E-state index is -0.184. The normalized spacial score (nSPS) is 16.7. The third kappa shape index (κ3) is 3.60. The van der Waals surface area contributed by atoms with Crippen LogP contribution in [0.15, 0.2) is 21.0 Å². The summed E-state index contributed by atoms with van der Waals surface area (Å²) in [6.07, 6.45) is 7.51. The molecule has 0 aliphatic heterocycles. The fraction of sp³-hybridized carbons (Fsp3) is 0.667. The minimum absolute atomic E-state index is 0.184. The lowest BCUT2D eigenvalue weighted by molar-refractivity contribution is 0.312. The molecule has 2 heterocycles. The number of methoxy groups -OCH3 is 1. The summed E-state index contributed by atoms with van der Waals surface area (Å²) in [5.74, 6) is 1.72. The lowest BCUT2D eigenvalue weighted by atomic mass is 9.93. The number of aromatic nitrogens is 3. The van der Waals surface area contributed by atoms with Gasteiger partial charge >= 0.3 is 0 Å². The van der Waals surface area contributed by atoms with E-state index in [0.29, 0.717) is 29.2 Å². The van der Waals surface area contributed by atoms with Crippen LogP contribution in [0.5, 0.6) is 5.88 Å². The smallest absolute Gasteiger partial charge is 0.261 e. The molecule has 1 aliphatic rings. The number of ether oxygens (including phenoxy) is 1. The summed E-state index contributed by atoms with van der Waals surface area (Å²) in [5, 5.41) is 13.3. The van der Waals surface area contributed by atoms with Crippen LogP contribution in [0.4, 0.5) is 11.5 Å². The van der Waals surface area contributed by atoms with Crippen molar-refractivity contribution in [2.24, 2.45) is 10.2 Å². The van der Waals surface area contributed by atoms with E-state index in [1.54, 1.807) is 7.11 Å². The molecule has 0 unspecified atom stereocenters. The van der Waals surface area contributed by atoms with E-state index >= 15 is 0 Å². The van der Waals surface area contributed by atoms with Crippen molar-refractivity contribution in [3.05, 3.63) is 17.8 Å². The first-order chi connectivity index (χ1) is 11.9. The highest BCUT2D eigenvalue weighted by molar-refractivity contribution is 5.52. The molecule has 0 atom stereocenters. The fourth-order valence-electron chi connectivity index (χ4n) is 3.34. The zero-order chi connectivity index (χ0) is 18.0. The van der Waals surface area contributed by atoms with Gasteiger partial charge in [0.2, 0.25) is 5.82 Å². The lowest BCUT2D eigenvalue weighted by Gasteiger charge is -2.22. The predicted octanol–water partition coefficient (Wildman–Crippen LogP) is 5.41. The van der Waals surface area contributed by atoms with E-state index in [0.717, 1.165) is 18.5 Å². The molecule has 0 N–H and O–H groups in total. The molecular formula is C18H27N5O2. The maximum atomic E-state index is 5.49. The Kier molecular flexibility index (Phi) is 4.92. The van der Waals surface area contributed by atoms with Crippen molar-refractivity contribution in [2.75, 3.05) is 7.11 Å². The second kappa shape index (κ2) is 6.98. The summed E-state index contributed by atoms with van der Waals surface area (Å²) in [7, 11) is 1.61. The van der Waals surface area contributed by atoms with E-state index in [2.05, 4.69) is 45.8 Å². The molecule has 7 nitrogen and oxygen atoms in total. The molecule has 0 bridgehead atoms. The molecule has 2 aromatic heterocycles. The maximum Gasteiger partial charge on any atom is 0.261 e. The Hall–Kier alpha value is -2.18. The Morgan fingerprint density at radius 3 is 2.56 bits per heavy atom. The van der Waals surface area contributed by atoms with E-state index in [4.69, 9.17) is 9.15 Å². The van der Waals surface area contributed by atoms with Crippen LogP contribution in [-0.2, 0) is 5.41 Å². The zero-order valence-corrected chi connectivity index (χ0v) is 15.7. The maximum absolute atomic E-state index is 5.49. The summed E-state index contributed by atoms with van der Waals surface area (Å²) in [5.41, 5.74) is 1.46. The SMILES string of the molecule is COc1nn(C2CCCCC2)c(C)c1N=Nc1ncoc1C(C)(C)C. The summed E-state index contributed by atoms with van der Waals surface area (Å²) >= 11 is 0. The van der Waals surface area contributed by atoms with E-state index < -0.39 is 0 Å². The minimum Gasteiger partial charge on any atom is -0.478 e. The molecule has 136 valence electrons. The Labute approximate surface area is 148 Å². The van der Waals surface area contributed by atoms with E-state index in [9.17, 15) is 0 Å². The molecule has 0 saturated heterocycles. The van der Waals surface area contributed by atoms with Crippen LogP contribution in [0.3, 0.4) is 0 Å². The number of nitrogens with zero attached hydrogens (tertiary/aromatic N) is 5. The first kappa shape index (κ1) is 17.6. The molecule has 0 amide bonds. The van der Waals surface area contributed by atoms with Gasteiger partial charge in [0.25, 0.3) is 5.88 Å². The first-order valence-corrected chi connectivity index (χ1v) is 8.90. The predicted molar refractivity (Wildman–Crippen MR) is 95.0 cm³/mol. The van der Waals surface area contributed by atoms with Crippen molar-refractivity contribution in [3.63, 3.8) is 0 Å². The van der Waals surface area contributed by atoms with Gasteiger partial charge in [-0.25, -0.2) is 0 Å². The highest BCUT2D eigenvalue weighted by Gasteiger charge is 2.25. The third-order valence-electron chi connectivity index (χ3n) is 4.68. The van der Waals surface area contributed by atoms with Crippen LogP contribution in [0, 0.1) is 6.92 Å². The van der Waals surface area contributed by atoms with Gasteiger partial charge in [0.05, 0.1) is 18.8 Å². The van der Waals surface area contributed by atoms with E-state index in [1.807, 2.05) is 6.92 Å². The molecular weight excluding hydrogens is 318 g/mol. The molecule has 3 rings (SSSR count). The van der Waals surface area contributed by atoms with Crippen LogP contribution in [0.1, 0.15) is 70.4 Å². The topological polar surface area (TPSA) is 77.8 Å². The summed E-state index contributed by atoms with van der Waals surface area (Å²) in [6.45, 7) is 8.18. The van der Waals surface area contributed by atoms with Gasteiger partial charge in [0, 0.05) is 5.41 Å². The highest BCUT2D eigenvalue weighted by atomic mass is 16.5. The number of oxazole rings is 1. The van der Waals surface area contributed by atoms with Crippen molar-refractivity contribution in [3.8, 4) is 5.88 Å². The van der Waals surface area contributed by atoms with Crippen LogP contribution >= 0.6 is 0 Å². The van der Waals surface area contributed by atoms with Crippen molar-refractivity contribution in [1.82, 2.24) is 14.8 Å². The van der Waals surface area contributed by atoms with Gasteiger partial charge in [-0.15, -0.1) is 15.3 Å². The largest absolute Gasteiger partial charge is 0.478 e. The van der Waals surface area contributed by atoms with Gasteiger partial charge in [-0.05, 0) is 19.8 Å². The molecule has 0 aromatic carbocycles. The molecule has 1 aliphatic carbocycles. The van der Waals surface area contributed by atoms with Gasteiger partial charge in [-0.2, -0.15) is 4.98 Å². The molecule has 1 fully saturated rings. The molecule has 25 heavy (non-hydrogen) atoms. The van der Waals surface area contributed by atoms with Gasteiger partial charge in [0.1, 0.15) is 0 Å². The fourth-order valence-corrected chi connectivity index (χ4v) is 3.34. The van der Waals surface area contributed by atoms with Crippen LogP contribution in [-0.4, -0.2) is 21.9 Å². The summed E-state index contributed by atoms with van der Waals surface area (Å²) in [6, 6.07) is 0.420. The van der Waals surface area contributed by atoms with Crippen LogP contribution in [0.25, 0.3) is 0 Å². The molecule has 2 aromatic rings. The average molecular weight is 345 g/mol. The second-order valence-electron chi connectivity index (χ2n) is 7.63. The Bertz CT molecular complexity index is 748. The van der Waals surface area contributed by atoms with E-state index in [-0.39, 0.29) is 5.41 Å². The van der Waals surface area contributed by atoms with E-state index in [1.165, 1.54) is 25.7 Å². The Morgan fingerprint density at radius 2 is 1.92 bits per heavy atom. The summed E-state index contributed by atoms with van der Waals surface area (Å²) in [4.78, 5) is 4.18. The molecule has 7 heteroatoms. The summed E-state index contributed by atoms with van der Waals surface area (Å²) < 4.78 is 13.0. The molecule has 1 saturated carbocycles. The average Bonchev–Trinajstić information content (AvgIpc) is 3.18. The zero-order valence-electron chi connectivity index (χ0n) is 15.7. The quantitative estimate of drug-likeness (QED) is 0.694. The number of hydrogen-bond donors (Lipinski definition) is 0. The van der Waals surface area contributed by atoms with Crippen molar-refractivity contribution >= 4 is 11.5 Å². The number of rotatable bonds is 4. The number of hydrogen-bond acceptors (Lipinski definition) is 6. The van der Waals surface area contributed by atoms with Gasteiger partial charge in [-0.1, -0.05) is 40.0 Å². The standard InChI is InChI=1S/C18H27N5O2/c1-12-14(20-21-16-15(18(2,3)4)25-11-19-16)17(24-5)22-23(12)13-9-7-6-8-10-13/h11,13H,6-10H2,1-5H3. The van der Waals surface area contributed by atoms with Crippen LogP contribution in [0.2, 0.25) is 0 Å². The van der Waals surface area contributed by atoms with Gasteiger partial charge in [0.15, 0.2) is 17.8 Å². The van der Waals surface area contributed by atoms with Crippen molar-refractivity contribution in [2.45, 2.75) is 71.3 Å².